The van der Waals surface area contributed by atoms with Gasteiger partial charge in [0.05, 0.1) is 6.42 Å². The molecule has 1 radical (unpaired) electrons. The molecule has 0 unspecified atom stereocenters. The van der Waals surface area contributed by atoms with E-state index < -0.39 is 11.9 Å². The first-order valence-electron chi connectivity index (χ1n) is 5.79. The zero-order valence-electron chi connectivity index (χ0n) is 9.85. The molecule has 0 amide bonds. The summed E-state index contributed by atoms with van der Waals surface area (Å²) in [6.07, 6.45) is 2.43. The summed E-state index contributed by atoms with van der Waals surface area (Å²) in [5, 5.41) is 0. The second-order valence-corrected chi connectivity index (χ2v) is 3.79. The second kappa shape index (κ2) is 7.60. The summed E-state index contributed by atoms with van der Waals surface area (Å²) >= 11 is 0. The molecule has 3 nitrogen and oxygen atoms in total. The molecular weight excluding hydrogens is 216 g/mol. The van der Waals surface area contributed by atoms with Crippen molar-refractivity contribution in [1.29, 1.82) is 0 Å². The van der Waals surface area contributed by atoms with E-state index in [9.17, 15) is 9.59 Å². The number of hydrogen-bond donors (Lipinski definition) is 0. The van der Waals surface area contributed by atoms with Crippen LogP contribution < -0.4 is 0 Å². The van der Waals surface area contributed by atoms with Crippen LogP contribution in [0.1, 0.15) is 31.2 Å². The largest absolute Gasteiger partial charge is 0.393 e. The van der Waals surface area contributed by atoms with E-state index in [0.717, 1.165) is 5.56 Å². The van der Waals surface area contributed by atoms with Crippen LogP contribution in [0.4, 0.5) is 0 Å². The van der Waals surface area contributed by atoms with Crippen molar-refractivity contribution in [1.82, 2.24) is 0 Å². The van der Waals surface area contributed by atoms with E-state index in [-0.39, 0.29) is 12.8 Å². The predicted molar refractivity (Wildman–Crippen MR) is 65.1 cm³/mol. The highest BCUT2D eigenvalue weighted by Gasteiger charge is 2.09. The number of esters is 2. The van der Waals surface area contributed by atoms with Crippen molar-refractivity contribution < 1.29 is 14.3 Å². The molecule has 1 aromatic rings. The molecule has 0 saturated heterocycles. The Hall–Kier alpha value is -1.64. The second-order valence-electron chi connectivity index (χ2n) is 3.79. The quantitative estimate of drug-likeness (QED) is 0.560. The fraction of sp³-hybridized carbons (Fsp3) is 0.357. The van der Waals surface area contributed by atoms with Gasteiger partial charge >= 0.3 is 11.9 Å². The van der Waals surface area contributed by atoms with Gasteiger partial charge in [0.25, 0.3) is 0 Å². The monoisotopic (exact) mass is 233 g/mol. The van der Waals surface area contributed by atoms with E-state index in [2.05, 4.69) is 11.7 Å². The molecule has 0 aromatic heterocycles. The summed E-state index contributed by atoms with van der Waals surface area (Å²) in [4.78, 5) is 22.5. The van der Waals surface area contributed by atoms with E-state index in [1.54, 1.807) is 0 Å². The smallest absolute Gasteiger partial charge is 0.313 e. The van der Waals surface area contributed by atoms with E-state index in [1.807, 2.05) is 30.3 Å². The molecule has 0 atom stereocenters. The van der Waals surface area contributed by atoms with Gasteiger partial charge < -0.3 is 4.74 Å². The van der Waals surface area contributed by atoms with Crippen LogP contribution in [0.25, 0.3) is 0 Å². The Kier molecular flexibility index (Phi) is 6.00. The normalized spacial score (nSPS) is 9.94. The maximum Gasteiger partial charge on any atom is 0.313 e. The molecule has 0 aliphatic heterocycles. The lowest BCUT2D eigenvalue weighted by atomic mass is 10.1. The van der Waals surface area contributed by atoms with Crippen LogP contribution in [-0.4, -0.2) is 11.9 Å². The van der Waals surface area contributed by atoms with Gasteiger partial charge in [-0.2, -0.15) is 0 Å². The number of ether oxygens (including phenoxy) is 1. The number of carbonyl (C=O) groups excluding carboxylic acids is 2. The molecule has 0 heterocycles. The zero-order chi connectivity index (χ0) is 12.5. The molecule has 91 valence electrons. The first-order chi connectivity index (χ1) is 8.22. The van der Waals surface area contributed by atoms with Crippen molar-refractivity contribution in [2.75, 3.05) is 0 Å². The number of unbranched alkanes of at least 4 members (excludes halogenated alkanes) is 1. The Morgan fingerprint density at radius 2 is 1.71 bits per heavy atom. The summed E-state index contributed by atoms with van der Waals surface area (Å²) in [6.45, 7) is 3.62. The standard InChI is InChI=1S/C14H17O3/c1-2-3-9-13(15)17-14(16)11-10-12-7-5-4-6-8-12/h4-8H,1-3,9-11H2. The molecule has 0 spiro atoms. The zero-order valence-corrected chi connectivity index (χ0v) is 9.85. The molecule has 1 rings (SSSR count). The van der Waals surface area contributed by atoms with Gasteiger partial charge in [-0.05, 0) is 18.4 Å². The number of rotatable bonds is 6. The lowest BCUT2D eigenvalue weighted by molar-refractivity contribution is -0.159. The highest BCUT2D eigenvalue weighted by atomic mass is 16.6. The number of benzene rings is 1. The Labute approximate surface area is 102 Å². The summed E-state index contributed by atoms with van der Waals surface area (Å²) in [5.41, 5.74) is 1.06. The van der Waals surface area contributed by atoms with Gasteiger partial charge in [-0.1, -0.05) is 43.7 Å². The van der Waals surface area contributed by atoms with E-state index in [0.29, 0.717) is 19.3 Å². The van der Waals surface area contributed by atoms with Crippen molar-refractivity contribution in [2.24, 2.45) is 0 Å². The van der Waals surface area contributed by atoms with Crippen molar-refractivity contribution in [3.63, 3.8) is 0 Å². The van der Waals surface area contributed by atoms with Crippen LogP contribution in [0.3, 0.4) is 0 Å². The predicted octanol–water partition coefficient (Wildman–Crippen LogP) is 2.69. The molecular formula is C14H17O3. The van der Waals surface area contributed by atoms with Gasteiger partial charge in [-0.25, -0.2) is 0 Å². The molecule has 0 N–H and O–H groups in total. The average molecular weight is 233 g/mol. The van der Waals surface area contributed by atoms with E-state index >= 15 is 0 Å². The third kappa shape index (κ3) is 5.85. The maximum absolute atomic E-state index is 11.3. The molecule has 0 fully saturated rings. The van der Waals surface area contributed by atoms with Crippen LogP contribution in [0.2, 0.25) is 0 Å². The minimum atomic E-state index is -0.456. The van der Waals surface area contributed by atoms with Crippen molar-refractivity contribution in [3.8, 4) is 0 Å². The van der Waals surface area contributed by atoms with Crippen LogP contribution in [-0.2, 0) is 20.7 Å². The van der Waals surface area contributed by atoms with Crippen LogP contribution in [0.15, 0.2) is 30.3 Å². The molecule has 1 aromatic carbocycles. The minimum absolute atomic E-state index is 0.236. The topological polar surface area (TPSA) is 43.4 Å². The van der Waals surface area contributed by atoms with Crippen LogP contribution in [0, 0.1) is 6.92 Å². The van der Waals surface area contributed by atoms with Crippen molar-refractivity contribution in [2.45, 2.75) is 32.1 Å². The third-order valence-corrected chi connectivity index (χ3v) is 2.32. The maximum atomic E-state index is 11.3. The van der Waals surface area contributed by atoms with Crippen LogP contribution >= 0.6 is 0 Å². The van der Waals surface area contributed by atoms with Gasteiger partial charge in [0.2, 0.25) is 0 Å². The van der Waals surface area contributed by atoms with Gasteiger partial charge in [0, 0.05) is 6.42 Å². The summed E-state index contributed by atoms with van der Waals surface area (Å²) in [5.74, 6) is -0.908. The lowest BCUT2D eigenvalue weighted by Gasteiger charge is -2.02. The Bertz CT molecular complexity index is 357. The third-order valence-electron chi connectivity index (χ3n) is 2.32. The molecule has 3 heteroatoms. The van der Waals surface area contributed by atoms with Crippen LogP contribution in [0.5, 0.6) is 0 Å². The Morgan fingerprint density at radius 1 is 1.06 bits per heavy atom. The summed E-state index contributed by atoms with van der Waals surface area (Å²) in [6, 6.07) is 9.64. The fourth-order valence-corrected chi connectivity index (χ4v) is 1.39. The van der Waals surface area contributed by atoms with E-state index in [4.69, 9.17) is 0 Å². The van der Waals surface area contributed by atoms with Gasteiger partial charge in [0.15, 0.2) is 0 Å². The average Bonchev–Trinajstić information content (AvgIpc) is 2.35. The molecule has 17 heavy (non-hydrogen) atoms. The first kappa shape index (κ1) is 13.4. The molecule has 0 bridgehead atoms. The number of hydrogen-bond acceptors (Lipinski definition) is 3. The van der Waals surface area contributed by atoms with E-state index in [1.165, 1.54) is 0 Å². The molecule has 0 aliphatic carbocycles. The number of carbonyl (C=O) groups is 2. The SMILES string of the molecule is [CH2]CCCC(=O)OC(=O)CCc1ccccc1. The Morgan fingerprint density at radius 3 is 2.35 bits per heavy atom. The number of aryl methyl sites for hydroxylation is 1. The summed E-state index contributed by atoms with van der Waals surface area (Å²) < 4.78 is 4.67. The highest BCUT2D eigenvalue weighted by Crippen LogP contribution is 2.04. The van der Waals surface area contributed by atoms with Crippen molar-refractivity contribution in [3.05, 3.63) is 42.8 Å². The summed E-state index contributed by atoms with van der Waals surface area (Å²) in [7, 11) is 0. The Balaban J connectivity index is 2.24. The fourth-order valence-electron chi connectivity index (χ4n) is 1.39. The highest BCUT2D eigenvalue weighted by molar-refractivity contribution is 5.85. The molecule has 0 saturated carbocycles. The lowest BCUT2D eigenvalue weighted by Crippen LogP contribution is -2.12. The van der Waals surface area contributed by atoms with Crippen molar-refractivity contribution >= 4 is 11.9 Å². The minimum Gasteiger partial charge on any atom is -0.393 e. The van der Waals surface area contributed by atoms with Gasteiger partial charge in [0.1, 0.15) is 0 Å². The van der Waals surface area contributed by atoms with Gasteiger partial charge in [-0.3, -0.25) is 9.59 Å². The van der Waals surface area contributed by atoms with Gasteiger partial charge in [-0.15, -0.1) is 0 Å². The molecule has 0 aliphatic rings. The first-order valence-corrected chi connectivity index (χ1v) is 5.79.